The highest BCUT2D eigenvalue weighted by molar-refractivity contribution is 5.95. The van der Waals surface area contributed by atoms with E-state index in [2.05, 4.69) is 4.99 Å². The zero-order chi connectivity index (χ0) is 14.5. The molecule has 0 heterocycles. The minimum Gasteiger partial charge on any atom is -0.478 e. The third-order valence-corrected chi connectivity index (χ3v) is 2.57. The topological polar surface area (TPSA) is 92.8 Å². The molecule has 0 atom stereocenters. The summed E-state index contributed by atoms with van der Waals surface area (Å²) >= 11 is 0. The van der Waals surface area contributed by atoms with Crippen LogP contribution in [0.1, 0.15) is 15.9 Å². The number of nitrogens with zero attached hydrogens (tertiary/aromatic N) is 2. The SMILES string of the molecule is O=C(O)c1ccccc1N=Cc1cccc([N+](=O)[O-])c1. The van der Waals surface area contributed by atoms with Gasteiger partial charge in [0, 0.05) is 18.3 Å². The number of carboxylic acids is 1. The van der Waals surface area contributed by atoms with Crippen LogP contribution in [0.25, 0.3) is 0 Å². The first-order valence-corrected chi connectivity index (χ1v) is 5.69. The number of aliphatic imine (C=N–C) groups is 1. The molecular weight excluding hydrogens is 260 g/mol. The molecule has 2 rings (SSSR count). The third kappa shape index (κ3) is 3.05. The first-order chi connectivity index (χ1) is 9.58. The number of para-hydroxylation sites is 1. The fourth-order valence-corrected chi connectivity index (χ4v) is 1.63. The van der Waals surface area contributed by atoms with Gasteiger partial charge in [-0.25, -0.2) is 4.79 Å². The predicted octanol–water partition coefficient (Wildman–Crippen LogP) is 3.04. The molecule has 0 spiro atoms. The fraction of sp³-hybridized carbons (Fsp3) is 0. The fourth-order valence-electron chi connectivity index (χ4n) is 1.63. The van der Waals surface area contributed by atoms with Crippen LogP contribution in [-0.4, -0.2) is 22.2 Å². The largest absolute Gasteiger partial charge is 0.478 e. The lowest BCUT2D eigenvalue weighted by molar-refractivity contribution is -0.384. The van der Waals surface area contributed by atoms with Crippen LogP contribution in [0.3, 0.4) is 0 Å². The van der Waals surface area contributed by atoms with Gasteiger partial charge in [-0.15, -0.1) is 0 Å². The zero-order valence-electron chi connectivity index (χ0n) is 10.3. The Kier molecular flexibility index (Phi) is 3.85. The van der Waals surface area contributed by atoms with Gasteiger partial charge in [-0.05, 0) is 17.7 Å². The lowest BCUT2D eigenvalue weighted by Gasteiger charge is -1.99. The van der Waals surface area contributed by atoms with Crippen molar-refractivity contribution in [3.05, 3.63) is 69.8 Å². The summed E-state index contributed by atoms with van der Waals surface area (Å²) in [6.45, 7) is 0. The Hall–Kier alpha value is -3.02. The van der Waals surface area contributed by atoms with Crippen molar-refractivity contribution in [2.24, 2.45) is 4.99 Å². The van der Waals surface area contributed by atoms with Crippen LogP contribution >= 0.6 is 0 Å². The molecule has 1 N–H and O–H groups in total. The minimum absolute atomic E-state index is 0.0412. The Morgan fingerprint density at radius 1 is 1.20 bits per heavy atom. The summed E-state index contributed by atoms with van der Waals surface area (Å²) < 4.78 is 0. The number of carboxylic acid groups (broad SMARTS) is 1. The quantitative estimate of drug-likeness (QED) is 0.525. The van der Waals surface area contributed by atoms with Crippen molar-refractivity contribution in [3.8, 4) is 0 Å². The number of nitro benzene ring substituents is 1. The predicted molar refractivity (Wildman–Crippen MR) is 73.8 cm³/mol. The van der Waals surface area contributed by atoms with Gasteiger partial charge in [-0.3, -0.25) is 15.1 Å². The summed E-state index contributed by atoms with van der Waals surface area (Å²) in [6, 6.07) is 12.2. The number of nitro groups is 1. The first kappa shape index (κ1) is 13.4. The molecule has 0 amide bonds. The van der Waals surface area contributed by atoms with Gasteiger partial charge >= 0.3 is 5.97 Å². The summed E-state index contributed by atoms with van der Waals surface area (Å²) in [5, 5.41) is 19.7. The first-order valence-electron chi connectivity index (χ1n) is 5.69. The Morgan fingerprint density at radius 2 is 1.95 bits per heavy atom. The number of hydrogen-bond donors (Lipinski definition) is 1. The second-order valence-electron chi connectivity index (χ2n) is 3.93. The summed E-state index contributed by atoms with van der Waals surface area (Å²) in [4.78, 5) is 25.2. The van der Waals surface area contributed by atoms with E-state index in [1.165, 1.54) is 24.4 Å². The molecule has 0 aromatic heterocycles. The standard InChI is InChI=1S/C14H10N2O4/c17-14(18)12-6-1-2-7-13(12)15-9-10-4-3-5-11(8-10)16(19)20/h1-9H,(H,17,18). The Morgan fingerprint density at radius 3 is 2.65 bits per heavy atom. The summed E-state index contributed by atoms with van der Waals surface area (Å²) in [5.41, 5.74) is 0.862. The normalized spacial score (nSPS) is 10.6. The van der Waals surface area contributed by atoms with Crippen LogP contribution in [0.15, 0.2) is 53.5 Å². The molecule has 0 aliphatic rings. The molecule has 0 aliphatic carbocycles. The lowest BCUT2D eigenvalue weighted by Crippen LogP contribution is -1.96. The van der Waals surface area contributed by atoms with Crippen LogP contribution in [0, 0.1) is 10.1 Å². The molecule has 6 nitrogen and oxygen atoms in total. The maximum Gasteiger partial charge on any atom is 0.337 e. The van der Waals surface area contributed by atoms with Gasteiger partial charge in [-0.1, -0.05) is 24.3 Å². The zero-order valence-corrected chi connectivity index (χ0v) is 10.3. The van der Waals surface area contributed by atoms with Crippen molar-refractivity contribution >= 4 is 23.6 Å². The van der Waals surface area contributed by atoms with Crippen LogP contribution < -0.4 is 0 Å². The number of non-ortho nitro benzene ring substituents is 1. The summed E-state index contributed by atoms with van der Waals surface area (Å²) in [6.07, 6.45) is 1.40. The highest BCUT2D eigenvalue weighted by atomic mass is 16.6. The number of benzene rings is 2. The van der Waals surface area contributed by atoms with Gasteiger partial charge < -0.3 is 5.11 Å². The van der Waals surface area contributed by atoms with E-state index in [4.69, 9.17) is 5.11 Å². The van der Waals surface area contributed by atoms with E-state index in [1.54, 1.807) is 30.3 Å². The maximum atomic E-state index is 11.0. The highest BCUT2D eigenvalue weighted by Gasteiger charge is 2.08. The molecular formula is C14H10N2O4. The second kappa shape index (κ2) is 5.75. The molecule has 0 fully saturated rings. The molecule has 0 radical (unpaired) electrons. The van der Waals surface area contributed by atoms with E-state index in [-0.39, 0.29) is 11.3 Å². The third-order valence-electron chi connectivity index (χ3n) is 2.57. The number of aromatic carboxylic acids is 1. The molecule has 0 unspecified atom stereocenters. The summed E-state index contributed by atoms with van der Waals surface area (Å²) in [7, 11) is 0. The maximum absolute atomic E-state index is 11.0. The average Bonchev–Trinajstić information content (AvgIpc) is 2.45. The Bertz CT molecular complexity index is 695. The molecule has 6 heteroatoms. The van der Waals surface area contributed by atoms with E-state index in [0.717, 1.165) is 0 Å². The smallest absolute Gasteiger partial charge is 0.337 e. The lowest BCUT2D eigenvalue weighted by atomic mass is 10.2. The number of hydrogen-bond acceptors (Lipinski definition) is 4. The van der Waals surface area contributed by atoms with Crippen molar-refractivity contribution in [3.63, 3.8) is 0 Å². The van der Waals surface area contributed by atoms with Crippen molar-refractivity contribution in [1.82, 2.24) is 0 Å². The van der Waals surface area contributed by atoms with Gasteiger partial charge in [0.05, 0.1) is 16.2 Å². The number of carbonyl (C=O) groups is 1. The second-order valence-corrected chi connectivity index (χ2v) is 3.93. The molecule has 0 aliphatic heterocycles. The van der Waals surface area contributed by atoms with Crippen molar-refractivity contribution in [1.29, 1.82) is 0 Å². The monoisotopic (exact) mass is 270 g/mol. The van der Waals surface area contributed by atoms with Crippen molar-refractivity contribution in [2.45, 2.75) is 0 Å². The van der Waals surface area contributed by atoms with E-state index < -0.39 is 10.9 Å². The molecule has 0 saturated heterocycles. The molecule has 0 saturated carbocycles. The van der Waals surface area contributed by atoms with Crippen LogP contribution in [0.4, 0.5) is 11.4 Å². The van der Waals surface area contributed by atoms with E-state index >= 15 is 0 Å². The molecule has 2 aromatic carbocycles. The van der Waals surface area contributed by atoms with E-state index in [1.807, 2.05) is 0 Å². The molecule has 2 aromatic rings. The Balaban J connectivity index is 2.32. The summed E-state index contributed by atoms with van der Waals surface area (Å²) in [5.74, 6) is -1.07. The highest BCUT2D eigenvalue weighted by Crippen LogP contribution is 2.19. The Labute approximate surface area is 114 Å². The van der Waals surface area contributed by atoms with Crippen LogP contribution in [-0.2, 0) is 0 Å². The minimum atomic E-state index is -1.07. The van der Waals surface area contributed by atoms with Crippen LogP contribution in [0.2, 0.25) is 0 Å². The van der Waals surface area contributed by atoms with E-state index in [9.17, 15) is 14.9 Å². The molecule has 0 bridgehead atoms. The van der Waals surface area contributed by atoms with Crippen molar-refractivity contribution < 1.29 is 14.8 Å². The van der Waals surface area contributed by atoms with Crippen molar-refractivity contribution in [2.75, 3.05) is 0 Å². The van der Waals surface area contributed by atoms with Gasteiger partial charge in [0.15, 0.2) is 0 Å². The van der Waals surface area contributed by atoms with Gasteiger partial charge in [0.2, 0.25) is 0 Å². The van der Waals surface area contributed by atoms with Gasteiger partial charge in [0.25, 0.3) is 5.69 Å². The van der Waals surface area contributed by atoms with E-state index in [0.29, 0.717) is 11.3 Å². The molecule has 20 heavy (non-hydrogen) atoms. The number of rotatable bonds is 4. The molecule has 100 valence electrons. The van der Waals surface area contributed by atoms with Gasteiger partial charge in [0.1, 0.15) is 0 Å². The average molecular weight is 270 g/mol. The van der Waals surface area contributed by atoms with Gasteiger partial charge in [-0.2, -0.15) is 0 Å². The van der Waals surface area contributed by atoms with Crippen LogP contribution in [0.5, 0.6) is 0 Å².